The molecule has 2 N–H and O–H groups in total. The Morgan fingerprint density at radius 1 is 1.53 bits per heavy atom. The summed E-state index contributed by atoms with van der Waals surface area (Å²) in [6, 6.07) is 3.55. The molecule has 0 aliphatic rings. The van der Waals surface area contributed by atoms with Gasteiger partial charge in [-0.2, -0.15) is 0 Å². The van der Waals surface area contributed by atoms with Crippen LogP contribution in [0.1, 0.15) is 6.92 Å². The maximum Gasteiger partial charge on any atom is 0.270 e. The Kier molecular flexibility index (Phi) is 4.28. The number of likely N-dealkylation sites (N-methyl/N-ethyl adjacent to an activating group) is 1. The van der Waals surface area contributed by atoms with E-state index in [-0.39, 0.29) is 10.6 Å². The molecule has 0 unspecified atom stereocenters. The van der Waals surface area contributed by atoms with Gasteiger partial charge in [-0.05, 0) is 13.0 Å². The van der Waals surface area contributed by atoms with Crippen LogP contribution in [0.15, 0.2) is 35.2 Å². The first-order chi connectivity index (χ1) is 8.62. The van der Waals surface area contributed by atoms with Gasteiger partial charge in [-0.1, -0.05) is 12.2 Å². The highest BCUT2D eigenvalue weighted by atomic mass is 32.2. The summed E-state index contributed by atoms with van der Waals surface area (Å²) in [4.78, 5) is 11.4. The number of hydrogen-bond donors (Lipinski definition) is 1. The highest BCUT2D eigenvalue weighted by Gasteiger charge is 2.21. The zero-order chi connectivity index (χ0) is 14.8. The van der Waals surface area contributed by atoms with Crippen molar-refractivity contribution in [3.63, 3.8) is 0 Å². The van der Waals surface area contributed by atoms with Crippen molar-refractivity contribution in [3.05, 3.63) is 40.5 Å². The van der Waals surface area contributed by atoms with Crippen LogP contribution in [0.2, 0.25) is 0 Å². The molecule has 104 valence electrons. The van der Waals surface area contributed by atoms with Crippen molar-refractivity contribution in [2.24, 2.45) is 5.14 Å². The molecule has 0 saturated carbocycles. The third kappa shape index (κ3) is 3.76. The first-order valence-electron chi connectivity index (χ1n) is 5.29. The van der Waals surface area contributed by atoms with Crippen LogP contribution >= 0.6 is 0 Å². The van der Waals surface area contributed by atoms with Gasteiger partial charge in [-0.15, -0.1) is 0 Å². The molecular weight excluding hydrogens is 270 g/mol. The number of nitro benzene ring substituents is 1. The first-order valence-corrected chi connectivity index (χ1v) is 6.84. The first kappa shape index (κ1) is 15.1. The lowest BCUT2D eigenvalue weighted by Crippen LogP contribution is -2.23. The molecule has 19 heavy (non-hydrogen) atoms. The Morgan fingerprint density at radius 3 is 2.53 bits per heavy atom. The number of sulfonamides is 1. The molecular formula is C11H15N3O4S. The lowest BCUT2D eigenvalue weighted by Gasteiger charge is -2.21. The van der Waals surface area contributed by atoms with E-state index in [4.69, 9.17) is 5.14 Å². The van der Waals surface area contributed by atoms with Crippen molar-refractivity contribution >= 4 is 21.4 Å². The van der Waals surface area contributed by atoms with Gasteiger partial charge < -0.3 is 4.90 Å². The molecule has 7 nitrogen and oxygen atoms in total. The van der Waals surface area contributed by atoms with Crippen LogP contribution < -0.4 is 10.0 Å². The van der Waals surface area contributed by atoms with E-state index in [9.17, 15) is 18.5 Å². The molecule has 8 heteroatoms. The summed E-state index contributed by atoms with van der Waals surface area (Å²) in [5.74, 6) is 0. The normalized spacial score (nSPS) is 11.1. The standard InChI is InChI=1S/C11H15N3O4S/c1-8(2)7-13(3)10-5-4-9(14(15)16)6-11(10)19(12,17)18/h4-6H,1,7H2,2-3H3,(H2,12,17,18). The molecule has 0 bridgehead atoms. The minimum Gasteiger partial charge on any atom is -0.370 e. The largest absolute Gasteiger partial charge is 0.370 e. The van der Waals surface area contributed by atoms with Crippen LogP contribution in [0.5, 0.6) is 0 Å². The van der Waals surface area contributed by atoms with Crippen molar-refractivity contribution in [2.45, 2.75) is 11.8 Å². The van der Waals surface area contributed by atoms with Crippen molar-refractivity contribution in [1.82, 2.24) is 0 Å². The van der Waals surface area contributed by atoms with Gasteiger partial charge in [-0.3, -0.25) is 10.1 Å². The summed E-state index contributed by atoms with van der Waals surface area (Å²) in [6.07, 6.45) is 0. The number of anilines is 1. The second-order valence-electron chi connectivity index (χ2n) is 4.27. The number of non-ortho nitro benzene ring substituents is 1. The van der Waals surface area contributed by atoms with Crippen LogP contribution in [0, 0.1) is 10.1 Å². The van der Waals surface area contributed by atoms with Gasteiger partial charge in [0.1, 0.15) is 4.90 Å². The Labute approximate surface area is 111 Å². The second kappa shape index (κ2) is 5.37. The number of primary sulfonamides is 1. The highest BCUT2D eigenvalue weighted by molar-refractivity contribution is 7.89. The third-order valence-corrected chi connectivity index (χ3v) is 3.32. The van der Waals surface area contributed by atoms with E-state index in [2.05, 4.69) is 6.58 Å². The SMILES string of the molecule is C=C(C)CN(C)c1ccc([N+](=O)[O-])cc1S(N)(=O)=O. The minimum absolute atomic E-state index is 0.273. The van der Waals surface area contributed by atoms with Gasteiger partial charge >= 0.3 is 0 Å². The Bertz CT molecular complexity index is 625. The van der Waals surface area contributed by atoms with E-state index in [0.29, 0.717) is 12.2 Å². The summed E-state index contributed by atoms with van der Waals surface area (Å²) >= 11 is 0. The molecule has 0 atom stereocenters. The summed E-state index contributed by atoms with van der Waals surface area (Å²) in [5.41, 5.74) is 0.800. The molecule has 0 heterocycles. The van der Waals surface area contributed by atoms with E-state index >= 15 is 0 Å². The van der Waals surface area contributed by atoms with Crippen molar-refractivity contribution in [2.75, 3.05) is 18.5 Å². The van der Waals surface area contributed by atoms with Gasteiger partial charge in [-0.25, -0.2) is 13.6 Å². The maximum atomic E-state index is 11.5. The summed E-state index contributed by atoms with van der Waals surface area (Å²) in [7, 11) is -2.39. The minimum atomic E-state index is -4.05. The summed E-state index contributed by atoms with van der Waals surface area (Å²) in [6.45, 7) is 5.93. The van der Waals surface area contributed by atoms with Crippen LogP contribution in [-0.2, 0) is 10.0 Å². The van der Waals surface area contributed by atoms with Crippen LogP contribution in [-0.4, -0.2) is 26.9 Å². The fourth-order valence-corrected chi connectivity index (χ4v) is 2.45. The Hall–Kier alpha value is -1.93. The molecule has 0 aliphatic carbocycles. The van der Waals surface area contributed by atoms with Gasteiger partial charge in [0.25, 0.3) is 5.69 Å². The molecule has 0 radical (unpaired) electrons. The monoisotopic (exact) mass is 285 g/mol. The predicted octanol–water partition coefficient (Wildman–Crippen LogP) is 1.25. The fourth-order valence-electron chi connectivity index (χ4n) is 1.65. The smallest absolute Gasteiger partial charge is 0.270 e. The van der Waals surface area contributed by atoms with Crippen molar-refractivity contribution < 1.29 is 13.3 Å². The number of benzene rings is 1. The Balaban J connectivity index is 3.40. The maximum absolute atomic E-state index is 11.5. The topological polar surface area (TPSA) is 107 Å². The molecule has 0 saturated heterocycles. The molecule has 0 aromatic heterocycles. The molecule has 1 rings (SSSR count). The van der Waals surface area contributed by atoms with E-state index in [1.165, 1.54) is 12.1 Å². The number of rotatable bonds is 5. The number of hydrogen-bond acceptors (Lipinski definition) is 5. The van der Waals surface area contributed by atoms with E-state index in [1.807, 2.05) is 0 Å². The van der Waals surface area contributed by atoms with Gasteiger partial charge in [0.2, 0.25) is 10.0 Å². The van der Waals surface area contributed by atoms with Crippen LogP contribution in [0.3, 0.4) is 0 Å². The number of nitro groups is 1. The highest BCUT2D eigenvalue weighted by Crippen LogP contribution is 2.28. The van der Waals surface area contributed by atoms with Gasteiger partial charge in [0.15, 0.2) is 0 Å². The predicted molar refractivity (Wildman–Crippen MR) is 72.6 cm³/mol. The van der Waals surface area contributed by atoms with Gasteiger partial charge in [0, 0.05) is 25.7 Å². The quantitative estimate of drug-likeness (QED) is 0.498. The van der Waals surface area contributed by atoms with Crippen molar-refractivity contribution in [1.29, 1.82) is 0 Å². The molecule has 0 aliphatic heterocycles. The zero-order valence-corrected chi connectivity index (χ0v) is 11.5. The average molecular weight is 285 g/mol. The van der Waals surface area contributed by atoms with E-state index in [0.717, 1.165) is 11.6 Å². The second-order valence-corrected chi connectivity index (χ2v) is 5.80. The van der Waals surface area contributed by atoms with Gasteiger partial charge in [0.05, 0.1) is 10.6 Å². The third-order valence-electron chi connectivity index (χ3n) is 2.38. The van der Waals surface area contributed by atoms with E-state index in [1.54, 1.807) is 18.9 Å². The Morgan fingerprint density at radius 2 is 2.11 bits per heavy atom. The molecule has 0 fully saturated rings. The van der Waals surface area contributed by atoms with E-state index < -0.39 is 14.9 Å². The summed E-state index contributed by atoms with van der Waals surface area (Å²) < 4.78 is 23.0. The average Bonchev–Trinajstić information content (AvgIpc) is 2.25. The summed E-state index contributed by atoms with van der Waals surface area (Å²) in [5, 5.41) is 15.8. The lowest BCUT2D eigenvalue weighted by molar-refractivity contribution is -0.385. The number of nitrogens with two attached hydrogens (primary N) is 1. The lowest BCUT2D eigenvalue weighted by atomic mass is 10.2. The van der Waals surface area contributed by atoms with Crippen molar-refractivity contribution in [3.8, 4) is 0 Å². The molecule has 1 aromatic carbocycles. The fraction of sp³-hybridized carbons (Fsp3) is 0.273. The van der Waals surface area contributed by atoms with Crippen LogP contribution in [0.25, 0.3) is 0 Å². The molecule has 0 spiro atoms. The number of nitrogens with zero attached hydrogens (tertiary/aromatic N) is 2. The molecule has 1 aromatic rings. The zero-order valence-electron chi connectivity index (χ0n) is 10.7. The van der Waals surface area contributed by atoms with Crippen LogP contribution in [0.4, 0.5) is 11.4 Å². The molecule has 0 amide bonds.